The van der Waals surface area contributed by atoms with Crippen molar-refractivity contribution >= 4 is 5.97 Å². The Labute approximate surface area is 101 Å². The van der Waals surface area contributed by atoms with Crippen molar-refractivity contribution < 1.29 is 14.6 Å². The molecular weight excluding hydrogens is 218 g/mol. The predicted molar refractivity (Wildman–Crippen MR) is 64.5 cm³/mol. The number of methoxy groups -OCH3 is 1. The molecule has 0 heterocycles. The Morgan fingerprint density at radius 1 is 1.59 bits per heavy atom. The van der Waals surface area contributed by atoms with E-state index in [0.29, 0.717) is 6.42 Å². The van der Waals surface area contributed by atoms with Crippen molar-refractivity contribution in [2.75, 3.05) is 14.2 Å². The van der Waals surface area contributed by atoms with Crippen LogP contribution in [-0.4, -0.2) is 30.8 Å². The standard InChI is InChI=1S/C13H17NO3/c1-8-6-9(4-5-11(8)17-3)10-7-13(10,14-2)12(15)16/h4-6,10,14H,7H2,1-3H3,(H,15,16). The predicted octanol–water partition coefficient (Wildman–Crippen LogP) is 1.53. The zero-order valence-electron chi connectivity index (χ0n) is 10.3. The minimum absolute atomic E-state index is 0.0506. The fraction of sp³-hybridized carbons (Fsp3) is 0.462. The van der Waals surface area contributed by atoms with Crippen LogP contribution in [0.2, 0.25) is 0 Å². The van der Waals surface area contributed by atoms with E-state index in [9.17, 15) is 9.90 Å². The third kappa shape index (κ3) is 1.78. The number of aliphatic carboxylic acids is 1. The highest BCUT2D eigenvalue weighted by Gasteiger charge is 2.60. The second-order valence-electron chi connectivity index (χ2n) is 4.51. The van der Waals surface area contributed by atoms with Gasteiger partial charge in [-0.2, -0.15) is 0 Å². The molecule has 17 heavy (non-hydrogen) atoms. The van der Waals surface area contributed by atoms with E-state index in [4.69, 9.17) is 4.74 Å². The Morgan fingerprint density at radius 2 is 2.29 bits per heavy atom. The lowest BCUT2D eigenvalue weighted by molar-refractivity contribution is -0.140. The molecule has 4 heteroatoms. The van der Waals surface area contributed by atoms with Crippen LogP contribution in [0, 0.1) is 6.92 Å². The smallest absolute Gasteiger partial charge is 0.324 e. The lowest BCUT2D eigenvalue weighted by atomic mass is 10.0. The molecule has 4 nitrogen and oxygen atoms in total. The molecule has 0 saturated heterocycles. The van der Waals surface area contributed by atoms with Crippen LogP contribution in [0.4, 0.5) is 0 Å². The number of carboxylic acids is 1. The summed E-state index contributed by atoms with van der Waals surface area (Å²) >= 11 is 0. The minimum Gasteiger partial charge on any atom is -0.496 e. The molecule has 2 unspecified atom stereocenters. The Morgan fingerprint density at radius 3 is 2.71 bits per heavy atom. The van der Waals surface area contributed by atoms with Gasteiger partial charge in [-0.15, -0.1) is 0 Å². The third-order valence-electron chi connectivity index (χ3n) is 3.61. The topological polar surface area (TPSA) is 58.6 Å². The Bertz CT molecular complexity index is 458. The maximum Gasteiger partial charge on any atom is 0.324 e. The van der Waals surface area contributed by atoms with E-state index in [1.165, 1.54) is 0 Å². The molecule has 0 bridgehead atoms. The maximum atomic E-state index is 11.2. The van der Waals surface area contributed by atoms with Gasteiger partial charge in [0.2, 0.25) is 0 Å². The molecule has 0 amide bonds. The SMILES string of the molecule is CNC1(C(=O)O)CC1c1ccc(OC)c(C)c1. The quantitative estimate of drug-likeness (QED) is 0.831. The van der Waals surface area contributed by atoms with Crippen LogP contribution in [0.15, 0.2) is 18.2 Å². The van der Waals surface area contributed by atoms with Crippen LogP contribution in [0.1, 0.15) is 23.5 Å². The van der Waals surface area contributed by atoms with Gasteiger partial charge in [-0.1, -0.05) is 12.1 Å². The summed E-state index contributed by atoms with van der Waals surface area (Å²) in [6.45, 7) is 1.96. The first kappa shape index (κ1) is 11.9. The average Bonchev–Trinajstić information content (AvgIpc) is 3.05. The summed E-state index contributed by atoms with van der Waals surface area (Å²) in [5.74, 6) is 0.104. The molecule has 0 spiro atoms. The van der Waals surface area contributed by atoms with E-state index in [1.54, 1.807) is 14.2 Å². The van der Waals surface area contributed by atoms with Gasteiger partial charge < -0.3 is 15.2 Å². The van der Waals surface area contributed by atoms with E-state index in [2.05, 4.69) is 5.32 Å². The lowest BCUT2D eigenvalue weighted by Crippen LogP contribution is -2.38. The van der Waals surface area contributed by atoms with E-state index in [0.717, 1.165) is 16.9 Å². The highest BCUT2D eigenvalue weighted by atomic mass is 16.5. The van der Waals surface area contributed by atoms with E-state index >= 15 is 0 Å². The fourth-order valence-corrected chi connectivity index (χ4v) is 2.40. The average molecular weight is 235 g/mol. The molecule has 2 atom stereocenters. The Hall–Kier alpha value is -1.55. The van der Waals surface area contributed by atoms with Gasteiger partial charge in [-0.3, -0.25) is 4.79 Å². The molecule has 92 valence electrons. The second-order valence-corrected chi connectivity index (χ2v) is 4.51. The minimum atomic E-state index is -0.779. The maximum absolute atomic E-state index is 11.2. The van der Waals surface area contributed by atoms with Gasteiger partial charge in [-0.25, -0.2) is 0 Å². The van der Waals surface area contributed by atoms with Crippen molar-refractivity contribution in [3.05, 3.63) is 29.3 Å². The first-order valence-electron chi connectivity index (χ1n) is 5.62. The van der Waals surface area contributed by atoms with E-state index in [-0.39, 0.29) is 5.92 Å². The lowest BCUT2D eigenvalue weighted by Gasteiger charge is -2.12. The van der Waals surface area contributed by atoms with Crippen LogP contribution in [0.5, 0.6) is 5.75 Å². The van der Waals surface area contributed by atoms with Crippen molar-refractivity contribution in [2.45, 2.75) is 24.8 Å². The van der Waals surface area contributed by atoms with Gasteiger partial charge in [0.05, 0.1) is 7.11 Å². The van der Waals surface area contributed by atoms with Crippen LogP contribution < -0.4 is 10.1 Å². The number of hydrogen-bond acceptors (Lipinski definition) is 3. The van der Waals surface area contributed by atoms with Gasteiger partial charge in [0.1, 0.15) is 11.3 Å². The van der Waals surface area contributed by atoms with Crippen LogP contribution >= 0.6 is 0 Å². The molecule has 2 rings (SSSR count). The zero-order valence-corrected chi connectivity index (χ0v) is 10.3. The normalized spacial score (nSPS) is 26.6. The summed E-state index contributed by atoms with van der Waals surface area (Å²) in [5.41, 5.74) is 1.31. The summed E-state index contributed by atoms with van der Waals surface area (Å²) in [7, 11) is 3.33. The second kappa shape index (κ2) is 4.04. The van der Waals surface area contributed by atoms with Crippen molar-refractivity contribution in [2.24, 2.45) is 0 Å². The molecule has 1 aromatic carbocycles. The molecule has 2 N–H and O–H groups in total. The molecule has 1 saturated carbocycles. The van der Waals surface area contributed by atoms with Gasteiger partial charge in [0, 0.05) is 5.92 Å². The number of likely N-dealkylation sites (N-methyl/N-ethyl adjacent to an activating group) is 1. The van der Waals surface area contributed by atoms with Crippen molar-refractivity contribution in [1.82, 2.24) is 5.32 Å². The highest BCUT2D eigenvalue weighted by molar-refractivity contribution is 5.85. The molecule has 1 aliphatic carbocycles. The van der Waals surface area contributed by atoms with Crippen molar-refractivity contribution in [3.8, 4) is 5.75 Å². The molecule has 0 radical (unpaired) electrons. The summed E-state index contributed by atoms with van der Waals surface area (Å²) < 4.78 is 5.19. The molecule has 1 aromatic rings. The molecular formula is C13H17NO3. The van der Waals surface area contributed by atoms with Crippen molar-refractivity contribution in [3.63, 3.8) is 0 Å². The number of hydrogen-bond donors (Lipinski definition) is 2. The molecule has 0 aromatic heterocycles. The summed E-state index contributed by atoms with van der Waals surface area (Å²) in [6.07, 6.45) is 0.643. The summed E-state index contributed by atoms with van der Waals surface area (Å²) in [4.78, 5) is 11.2. The monoisotopic (exact) mass is 235 g/mol. The number of benzene rings is 1. The largest absolute Gasteiger partial charge is 0.496 e. The van der Waals surface area contributed by atoms with Gasteiger partial charge in [0.15, 0.2) is 0 Å². The molecule has 1 fully saturated rings. The number of ether oxygens (including phenoxy) is 1. The number of carbonyl (C=O) groups is 1. The van der Waals surface area contributed by atoms with Crippen LogP contribution in [0.25, 0.3) is 0 Å². The van der Waals surface area contributed by atoms with Crippen LogP contribution in [0.3, 0.4) is 0 Å². The first-order valence-corrected chi connectivity index (χ1v) is 5.62. The van der Waals surface area contributed by atoms with E-state index in [1.807, 2.05) is 25.1 Å². The fourth-order valence-electron chi connectivity index (χ4n) is 2.40. The Kier molecular flexibility index (Phi) is 2.83. The van der Waals surface area contributed by atoms with E-state index < -0.39 is 11.5 Å². The molecule has 1 aliphatic rings. The highest BCUT2D eigenvalue weighted by Crippen LogP contribution is 2.51. The van der Waals surface area contributed by atoms with Crippen molar-refractivity contribution in [1.29, 1.82) is 0 Å². The summed E-state index contributed by atoms with van der Waals surface area (Å²) in [6, 6.07) is 5.84. The zero-order chi connectivity index (χ0) is 12.6. The van der Waals surface area contributed by atoms with Gasteiger partial charge in [0.25, 0.3) is 0 Å². The summed E-state index contributed by atoms with van der Waals surface area (Å²) in [5, 5.41) is 12.1. The van der Waals surface area contributed by atoms with Gasteiger partial charge in [-0.05, 0) is 37.6 Å². The number of carboxylic acid groups (broad SMARTS) is 1. The Balaban J connectivity index is 2.27. The number of aryl methyl sites for hydroxylation is 1. The number of rotatable bonds is 4. The van der Waals surface area contributed by atoms with Crippen LogP contribution in [-0.2, 0) is 4.79 Å². The molecule has 0 aliphatic heterocycles. The number of nitrogens with one attached hydrogen (secondary N) is 1. The van der Waals surface area contributed by atoms with Gasteiger partial charge >= 0.3 is 5.97 Å². The third-order valence-corrected chi connectivity index (χ3v) is 3.61. The first-order chi connectivity index (χ1) is 8.05.